The number of nitrogens with one attached hydrogen (secondary N) is 1. The molecule has 0 aliphatic rings. The van der Waals surface area contributed by atoms with E-state index in [0.717, 1.165) is 39.6 Å². The van der Waals surface area contributed by atoms with Crippen LogP contribution < -0.4 is 5.32 Å². The van der Waals surface area contributed by atoms with Gasteiger partial charge in [0, 0.05) is 35.3 Å². The number of carbonyl (C=O) groups excluding carboxylic acids is 1. The molecule has 0 unspecified atom stereocenters. The van der Waals surface area contributed by atoms with Crippen molar-refractivity contribution < 1.29 is 4.79 Å². The smallest absolute Gasteiger partial charge is 0.220 e. The highest BCUT2D eigenvalue weighted by atomic mass is 32.1. The first-order chi connectivity index (χ1) is 15.5. The first kappa shape index (κ1) is 21.7. The van der Waals surface area contributed by atoms with Gasteiger partial charge in [-0.25, -0.2) is 14.5 Å². The number of nitrogens with zero attached hydrogens (tertiary/aromatic N) is 5. The number of benzene rings is 1. The first-order valence-electron chi connectivity index (χ1n) is 10.5. The van der Waals surface area contributed by atoms with Crippen LogP contribution in [0.1, 0.15) is 39.5 Å². The Balaban J connectivity index is 1.30. The van der Waals surface area contributed by atoms with E-state index >= 15 is 0 Å². The summed E-state index contributed by atoms with van der Waals surface area (Å²) in [5.74, 6) is 0.0108. The highest BCUT2D eigenvalue weighted by Gasteiger charge is 2.14. The Hall–Kier alpha value is -3.57. The van der Waals surface area contributed by atoms with Crippen LogP contribution in [0.2, 0.25) is 0 Å². The van der Waals surface area contributed by atoms with E-state index < -0.39 is 0 Å². The molecule has 0 fully saturated rings. The molecule has 7 nitrogen and oxygen atoms in total. The Morgan fingerprint density at radius 3 is 2.62 bits per heavy atom. The van der Waals surface area contributed by atoms with Gasteiger partial charge in [-0.3, -0.25) is 4.79 Å². The quantitative estimate of drug-likeness (QED) is 0.466. The number of fused-ring (bicyclic) bond motifs is 1. The molecule has 162 valence electrons. The summed E-state index contributed by atoms with van der Waals surface area (Å²) in [5, 5.41) is 19.6. The van der Waals surface area contributed by atoms with Gasteiger partial charge in [0.05, 0.1) is 16.9 Å². The Morgan fingerprint density at radius 1 is 1.16 bits per heavy atom. The van der Waals surface area contributed by atoms with Crippen LogP contribution in [0, 0.1) is 32.1 Å². The molecule has 4 rings (SSSR count). The number of hydrogen-bond acceptors (Lipinski definition) is 6. The van der Waals surface area contributed by atoms with Gasteiger partial charge in [0.15, 0.2) is 5.65 Å². The maximum absolute atomic E-state index is 12.4. The molecule has 0 saturated carbocycles. The van der Waals surface area contributed by atoms with E-state index in [4.69, 9.17) is 0 Å². The molecular formula is C24H24N6OS. The third-order valence-electron chi connectivity index (χ3n) is 5.54. The lowest BCUT2D eigenvalue weighted by atomic mass is 10.1. The molecule has 0 atom stereocenters. The average molecular weight is 445 g/mol. The number of hydrogen-bond donors (Lipinski definition) is 1. The molecule has 1 N–H and O–H groups in total. The topological polar surface area (TPSA) is 96.0 Å². The normalized spacial score (nSPS) is 10.9. The molecule has 32 heavy (non-hydrogen) atoms. The maximum Gasteiger partial charge on any atom is 0.220 e. The molecule has 4 aromatic rings. The zero-order valence-electron chi connectivity index (χ0n) is 18.3. The molecule has 0 spiro atoms. The summed E-state index contributed by atoms with van der Waals surface area (Å²) >= 11 is 1.65. The maximum atomic E-state index is 12.4. The Kier molecular flexibility index (Phi) is 6.28. The minimum atomic E-state index is 0.0108. The van der Waals surface area contributed by atoms with Gasteiger partial charge in [0.1, 0.15) is 11.6 Å². The molecule has 1 aromatic carbocycles. The second kappa shape index (κ2) is 9.28. The van der Waals surface area contributed by atoms with Crippen molar-refractivity contribution in [3.05, 3.63) is 68.9 Å². The average Bonchev–Trinajstić information content (AvgIpc) is 3.40. The van der Waals surface area contributed by atoms with E-state index in [1.807, 2.05) is 20.8 Å². The van der Waals surface area contributed by atoms with E-state index in [0.29, 0.717) is 30.6 Å². The highest BCUT2D eigenvalue weighted by molar-refractivity contribution is 7.09. The summed E-state index contributed by atoms with van der Waals surface area (Å²) in [7, 11) is 0. The minimum Gasteiger partial charge on any atom is -0.356 e. The van der Waals surface area contributed by atoms with Gasteiger partial charge in [0.25, 0.3) is 0 Å². The van der Waals surface area contributed by atoms with E-state index in [-0.39, 0.29) is 5.91 Å². The second-order valence-electron chi connectivity index (χ2n) is 7.72. The fraction of sp³-hybridized carbons (Fsp3) is 0.292. The van der Waals surface area contributed by atoms with Crippen LogP contribution in [0.25, 0.3) is 16.9 Å². The second-order valence-corrected chi connectivity index (χ2v) is 8.78. The Morgan fingerprint density at radius 2 is 1.94 bits per heavy atom. The lowest BCUT2D eigenvalue weighted by molar-refractivity contribution is -0.121. The summed E-state index contributed by atoms with van der Waals surface area (Å²) in [6.07, 6.45) is 3.26. The SMILES string of the molecule is Cc1nc(-c2ccc(CCNC(=O)CCc3c(C)nc4c(C#N)cnn4c3C)cc2)cs1. The predicted octanol–water partition coefficient (Wildman–Crippen LogP) is 3.94. The molecule has 3 heterocycles. The van der Waals surface area contributed by atoms with Crippen LogP contribution in [0.15, 0.2) is 35.8 Å². The zero-order valence-corrected chi connectivity index (χ0v) is 19.2. The fourth-order valence-electron chi connectivity index (χ4n) is 3.76. The molecule has 0 bridgehead atoms. The number of carbonyl (C=O) groups is 1. The lowest BCUT2D eigenvalue weighted by Crippen LogP contribution is -2.26. The molecule has 0 saturated heterocycles. The molecule has 0 radical (unpaired) electrons. The van der Waals surface area contributed by atoms with Crippen LogP contribution >= 0.6 is 11.3 Å². The van der Waals surface area contributed by atoms with Crippen LogP contribution in [0.3, 0.4) is 0 Å². The summed E-state index contributed by atoms with van der Waals surface area (Å²) in [5.41, 5.74) is 7.04. The molecule has 8 heteroatoms. The van der Waals surface area contributed by atoms with Crippen LogP contribution in [-0.2, 0) is 17.6 Å². The van der Waals surface area contributed by atoms with E-state index in [2.05, 4.69) is 56.1 Å². The van der Waals surface area contributed by atoms with Gasteiger partial charge in [-0.15, -0.1) is 11.3 Å². The third-order valence-corrected chi connectivity index (χ3v) is 6.31. The van der Waals surface area contributed by atoms with Crippen molar-refractivity contribution in [3.8, 4) is 17.3 Å². The van der Waals surface area contributed by atoms with Crippen molar-refractivity contribution in [1.82, 2.24) is 24.9 Å². The molecule has 0 aliphatic heterocycles. The molecule has 1 amide bonds. The van der Waals surface area contributed by atoms with Crippen molar-refractivity contribution in [2.45, 2.75) is 40.0 Å². The first-order valence-corrected chi connectivity index (χ1v) is 11.4. The number of aromatic nitrogens is 4. The Bertz CT molecular complexity index is 1310. The lowest BCUT2D eigenvalue weighted by Gasteiger charge is -2.11. The number of amides is 1. The van der Waals surface area contributed by atoms with E-state index in [1.54, 1.807) is 15.9 Å². The zero-order chi connectivity index (χ0) is 22.7. The van der Waals surface area contributed by atoms with Crippen LogP contribution in [-0.4, -0.2) is 32.0 Å². The van der Waals surface area contributed by atoms with Gasteiger partial charge in [-0.1, -0.05) is 24.3 Å². The van der Waals surface area contributed by atoms with E-state index in [9.17, 15) is 10.1 Å². The van der Waals surface area contributed by atoms with Gasteiger partial charge < -0.3 is 5.32 Å². The summed E-state index contributed by atoms with van der Waals surface area (Å²) in [4.78, 5) is 21.4. The number of rotatable bonds is 7. The standard InChI is InChI=1S/C24H24N6OS/c1-15-21(16(2)30-24(28-15)20(12-25)13-27-30)8-9-23(31)26-11-10-18-4-6-19(7-5-18)22-14-32-17(3)29-22/h4-7,13-14H,8-11H2,1-3H3,(H,26,31). The van der Waals surface area contributed by atoms with Gasteiger partial charge >= 0.3 is 0 Å². The summed E-state index contributed by atoms with van der Waals surface area (Å²) in [6, 6.07) is 10.4. The number of nitriles is 1. The Labute approximate surface area is 190 Å². The van der Waals surface area contributed by atoms with Crippen molar-refractivity contribution >= 4 is 22.9 Å². The van der Waals surface area contributed by atoms with E-state index in [1.165, 1.54) is 11.8 Å². The molecular weight excluding hydrogens is 420 g/mol. The minimum absolute atomic E-state index is 0.0108. The van der Waals surface area contributed by atoms with Crippen molar-refractivity contribution in [2.75, 3.05) is 6.54 Å². The fourth-order valence-corrected chi connectivity index (χ4v) is 4.39. The molecule has 3 aromatic heterocycles. The molecule has 0 aliphatic carbocycles. The monoisotopic (exact) mass is 444 g/mol. The predicted molar refractivity (Wildman–Crippen MR) is 124 cm³/mol. The van der Waals surface area contributed by atoms with Crippen LogP contribution in [0.4, 0.5) is 0 Å². The van der Waals surface area contributed by atoms with Gasteiger partial charge in [-0.2, -0.15) is 10.4 Å². The van der Waals surface area contributed by atoms with Crippen LogP contribution in [0.5, 0.6) is 0 Å². The number of thiazole rings is 1. The number of aryl methyl sites for hydroxylation is 3. The van der Waals surface area contributed by atoms with Gasteiger partial charge in [0.2, 0.25) is 5.91 Å². The summed E-state index contributed by atoms with van der Waals surface area (Å²) < 4.78 is 1.68. The van der Waals surface area contributed by atoms with Crippen molar-refractivity contribution in [3.63, 3.8) is 0 Å². The third kappa shape index (κ3) is 4.53. The largest absolute Gasteiger partial charge is 0.356 e. The highest BCUT2D eigenvalue weighted by Crippen LogP contribution is 2.22. The van der Waals surface area contributed by atoms with Crippen molar-refractivity contribution in [1.29, 1.82) is 5.26 Å². The van der Waals surface area contributed by atoms with Gasteiger partial charge in [-0.05, 0) is 44.7 Å². The summed E-state index contributed by atoms with van der Waals surface area (Å²) in [6.45, 7) is 6.45. The van der Waals surface area contributed by atoms with Crippen molar-refractivity contribution in [2.24, 2.45) is 0 Å².